The van der Waals surface area contributed by atoms with Gasteiger partial charge < -0.3 is 14.7 Å². The molecule has 0 fully saturated rings. The Morgan fingerprint density at radius 3 is 2.42 bits per heavy atom. The summed E-state index contributed by atoms with van der Waals surface area (Å²) in [4.78, 5) is 1.92. The van der Waals surface area contributed by atoms with Crippen LogP contribution in [0.25, 0.3) is 10.8 Å². The first-order valence-electron chi connectivity index (χ1n) is 6.55. The molecular weight excluding hydrogens is 238 g/mol. The van der Waals surface area contributed by atoms with Crippen molar-refractivity contribution >= 4 is 10.8 Å². The molecule has 102 valence electrons. The normalized spacial score (nSPS) is 14.8. The molecule has 3 nitrogen and oxygen atoms in total. The summed E-state index contributed by atoms with van der Waals surface area (Å²) >= 11 is 0. The highest BCUT2D eigenvalue weighted by Crippen LogP contribution is 2.27. The van der Waals surface area contributed by atoms with Crippen molar-refractivity contribution in [2.75, 3.05) is 27.2 Å². The van der Waals surface area contributed by atoms with E-state index in [2.05, 4.69) is 6.07 Å². The van der Waals surface area contributed by atoms with Crippen LogP contribution in [-0.4, -0.2) is 37.3 Å². The van der Waals surface area contributed by atoms with E-state index in [9.17, 15) is 5.11 Å². The SMILES string of the molecule is CCOC(O)(CN(C)C)c1ccc2ccccc2c1. The number of benzene rings is 2. The molecule has 1 N–H and O–H groups in total. The summed E-state index contributed by atoms with van der Waals surface area (Å²) in [7, 11) is 3.84. The third kappa shape index (κ3) is 3.13. The van der Waals surface area contributed by atoms with Gasteiger partial charge in [0.1, 0.15) is 0 Å². The van der Waals surface area contributed by atoms with Gasteiger partial charge in [-0.1, -0.05) is 36.4 Å². The average Bonchev–Trinajstić information content (AvgIpc) is 2.37. The Balaban J connectivity index is 2.43. The lowest BCUT2D eigenvalue weighted by atomic mass is 10.0. The van der Waals surface area contributed by atoms with Gasteiger partial charge in [-0.3, -0.25) is 0 Å². The molecule has 0 aliphatic carbocycles. The molecule has 0 radical (unpaired) electrons. The van der Waals surface area contributed by atoms with Crippen LogP contribution < -0.4 is 0 Å². The summed E-state index contributed by atoms with van der Waals surface area (Å²) in [6.45, 7) is 2.79. The number of hydrogen-bond acceptors (Lipinski definition) is 3. The lowest BCUT2D eigenvalue weighted by Crippen LogP contribution is -2.40. The van der Waals surface area contributed by atoms with Crippen molar-refractivity contribution in [2.24, 2.45) is 0 Å². The Morgan fingerprint density at radius 2 is 1.79 bits per heavy atom. The highest BCUT2D eigenvalue weighted by molar-refractivity contribution is 5.83. The fourth-order valence-corrected chi connectivity index (χ4v) is 2.32. The van der Waals surface area contributed by atoms with Crippen LogP contribution in [0.4, 0.5) is 0 Å². The van der Waals surface area contributed by atoms with Gasteiger partial charge in [0.2, 0.25) is 5.79 Å². The van der Waals surface area contributed by atoms with Crippen molar-refractivity contribution in [2.45, 2.75) is 12.7 Å². The fourth-order valence-electron chi connectivity index (χ4n) is 2.32. The predicted octanol–water partition coefficient (Wildman–Crippen LogP) is 2.58. The maximum atomic E-state index is 10.7. The Labute approximate surface area is 114 Å². The number of aliphatic hydroxyl groups is 1. The van der Waals surface area contributed by atoms with Gasteiger partial charge in [0.15, 0.2) is 0 Å². The smallest absolute Gasteiger partial charge is 0.205 e. The molecule has 0 aliphatic rings. The molecule has 1 atom stereocenters. The number of rotatable bonds is 5. The van der Waals surface area contributed by atoms with Crippen LogP contribution in [0.15, 0.2) is 42.5 Å². The second kappa shape index (κ2) is 5.70. The molecule has 2 aromatic carbocycles. The van der Waals surface area contributed by atoms with Crippen LogP contribution in [0.1, 0.15) is 12.5 Å². The number of hydrogen-bond donors (Lipinski definition) is 1. The monoisotopic (exact) mass is 259 g/mol. The van der Waals surface area contributed by atoms with Crippen LogP contribution >= 0.6 is 0 Å². The summed E-state index contributed by atoms with van der Waals surface area (Å²) in [5.41, 5.74) is 0.793. The zero-order valence-corrected chi connectivity index (χ0v) is 11.8. The number of fused-ring (bicyclic) bond motifs is 1. The molecule has 0 aliphatic heterocycles. The maximum Gasteiger partial charge on any atom is 0.205 e. The Hall–Kier alpha value is -1.42. The summed E-state index contributed by atoms with van der Waals surface area (Å²) in [6, 6.07) is 14.1. The minimum atomic E-state index is -1.26. The Morgan fingerprint density at radius 1 is 1.11 bits per heavy atom. The van der Waals surface area contributed by atoms with E-state index >= 15 is 0 Å². The maximum absolute atomic E-state index is 10.7. The number of ether oxygens (including phenoxy) is 1. The van der Waals surface area contributed by atoms with Crippen LogP contribution in [0.5, 0.6) is 0 Å². The fraction of sp³-hybridized carbons (Fsp3) is 0.375. The minimum absolute atomic E-state index is 0.430. The van der Waals surface area contributed by atoms with Gasteiger partial charge in [0.05, 0.1) is 6.54 Å². The van der Waals surface area contributed by atoms with E-state index in [0.29, 0.717) is 13.2 Å². The van der Waals surface area contributed by atoms with E-state index in [-0.39, 0.29) is 0 Å². The van der Waals surface area contributed by atoms with Crippen molar-refractivity contribution in [3.8, 4) is 0 Å². The highest BCUT2D eigenvalue weighted by Gasteiger charge is 2.30. The van der Waals surface area contributed by atoms with Crippen LogP contribution in [-0.2, 0) is 10.5 Å². The second-order valence-electron chi connectivity index (χ2n) is 5.02. The largest absolute Gasteiger partial charge is 0.361 e. The van der Waals surface area contributed by atoms with Gasteiger partial charge in [0.25, 0.3) is 0 Å². The molecular formula is C16H21NO2. The van der Waals surface area contributed by atoms with E-state index in [1.807, 2.05) is 62.3 Å². The van der Waals surface area contributed by atoms with Gasteiger partial charge in [-0.2, -0.15) is 0 Å². The summed E-state index contributed by atoms with van der Waals surface area (Å²) in [5, 5.41) is 13.0. The zero-order chi connectivity index (χ0) is 13.9. The summed E-state index contributed by atoms with van der Waals surface area (Å²) in [5.74, 6) is -1.26. The first-order chi connectivity index (χ1) is 9.05. The van der Waals surface area contributed by atoms with E-state index in [0.717, 1.165) is 16.3 Å². The number of nitrogens with zero attached hydrogens (tertiary/aromatic N) is 1. The van der Waals surface area contributed by atoms with E-state index < -0.39 is 5.79 Å². The molecule has 0 amide bonds. The van der Waals surface area contributed by atoms with Gasteiger partial charge in [-0.25, -0.2) is 0 Å². The first-order valence-corrected chi connectivity index (χ1v) is 6.55. The lowest BCUT2D eigenvalue weighted by Gasteiger charge is -2.31. The van der Waals surface area contributed by atoms with Gasteiger partial charge in [-0.05, 0) is 37.9 Å². The second-order valence-corrected chi connectivity index (χ2v) is 5.02. The summed E-state index contributed by atoms with van der Waals surface area (Å²) < 4.78 is 5.59. The highest BCUT2D eigenvalue weighted by atomic mass is 16.6. The number of likely N-dealkylation sites (N-methyl/N-ethyl adjacent to an activating group) is 1. The average molecular weight is 259 g/mol. The third-order valence-corrected chi connectivity index (χ3v) is 3.11. The van der Waals surface area contributed by atoms with E-state index in [4.69, 9.17) is 4.74 Å². The molecule has 0 spiro atoms. The van der Waals surface area contributed by atoms with Gasteiger partial charge in [0, 0.05) is 12.2 Å². The molecule has 0 saturated heterocycles. The topological polar surface area (TPSA) is 32.7 Å². The predicted molar refractivity (Wildman–Crippen MR) is 78.0 cm³/mol. The van der Waals surface area contributed by atoms with Crippen LogP contribution in [0, 0.1) is 0 Å². The molecule has 2 aromatic rings. The van der Waals surface area contributed by atoms with Crippen molar-refractivity contribution < 1.29 is 9.84 Å². The summed E-state index contributed by atoms with van der Waals surface area (Å²) in [6.07, 6.45) is 0. The van der Waals surface area contributed by atoms with E-state index in [1.54, 1.807) is 0 Å². The lowest BCUT2D eigenvalue weighted by molar-refractivity contribution is -0.216. The van der Waals surface area contributed by atoms with E-state index in [1.165, 1.54) is 0 Å². The molecule has 2 rings (SSSR count). The van der Waals surface area contributed by atoms with Crippen molar-refractivity contribution in [3.63, 3.8) is 0 Å². The molecule has 1 unspecified atom stereocenters. The standard InChI is InChI=1S/C16H21NO2/c1-4-19-16(18,12-17(2)3)15-10-9-13-7-5-6-8-14(13)11-15/h5-11,18H,4,12H2,1-3H3. The zero-order valence-electron chi connectivity index (χ0n) is 11.8. The van der Waals surface area contributed by atoms with Crippen LogP contribution in [0.3, 0.4) is 0 Å². The molecule has 3 heteroatoms. The molecule has 0 bridgehead atoms. The molecule has 0 saturated carbocycles. The van der Waals surface area contributed by atoms with Crippen molar-refractivity contribution in [3.05, 3.63) is 48.0 Å². The Kier molecular flexibility index (Phi) is 4.20. The third-order valence-electron chi connectivity index (χ3n) is 3.11. The van der Waals surface area contributed by atoms with Crippen molar-refractivity contribution in [1.29, 1.82) is 0 Å². The molecule has 0 aromatic heterocycles. The Bertz CT molecular complexity index is 553. The molecule has 0 heterocycles. The quantitative estimate of drug-likeness (QED) is 0.838. The minimum Gasteiger partial charge on any atom is -0.361 e. The molecule has 19 heavy (non-hydrogen) atoms. The first kappa shape index (κ1) is 14.0. The van der Waals surface area contributed by atoms with Gasteiger partial charge >= 0.3 is 0 Å². The van der Waals surface area contributed by atoms with Crippen LogP contribution in [0.2, 0.25) is 0 Å². The van der Waals surface area contributed by atoms with Gasteiger partial charge in [-0.15, -0.1) is 0 Å². The van der Waals surface area contributed by atoms with Crippen molar-refractivity contribution in [1.82, 2.24) is 4.90 Å².